The van der Waals surface area contributed by atoms with Crippen molar-refractivity contribution < 1.29 is 29.6 Å². The standard InChI is InChI=1S/C9H13BO3.C9H11BrO.C8H11BO2.C8H9Br/c1-6-4-8(10(11)12)5-7(2)9(6)13-3;1-6-4-8(10)5-7(2)9(6)11-3;1-6-3-7(2)5-8(4-6)9(10)11;1-6-3-7(2)5-8(9)4-6/h4-5,11-12H,1-3H3;4-5H,1-3H3;3-5,10-11H,1-2H3;3-5H,1-2H3. The van der Waals surface area contributed by atoms with E-state index in [0.717, 1.165) is 38.2 Å². The van der Waals surface area contributed by atoms with Gasteiger partial charge in [0.15, 0.2) is 0 Å². The zero-order chi connectivity index (χ0) is 33.7. The van der Waals surface area contributed by atoms with E-state index in [4.69, 9.17) is 29.6 Å². The molecule has 0 saturated carbocycles. The molecule has 6 nitrogen and oxygen atoms in total. The number of aryl methyl sites for hydroxylation is 8. The molecule has 44 heavy (non-hydrogen) atoms. The zero-order valence-electron chi connectivity index (χ0n) is 27.3. The van der Waals surface area contributed by atoms with Gasteiger partial charge in [-0.1, -0.05) is 79.4 Å². The van der Waals surface area contributed by atoms with E-state index in [1.807, 2.05) is 59.7 Å². The van der Waals surface area contributed by atoms with E-state index >= 15 is 0 Å². The molecule has 0 aliphatic heterocycles. The van der Waals surface area contributed by atoms with Crippen LogP contribution in [0.3, 0.4) is 0 Å². The van der Waals surface area contributed by atoms with Crippen LogP contribution in [0.5, 0.6) is 11.5 Å². The predicted octanol–water partition coefficient (Wildman–Crippen LogP) is 6.12. The Morgan fingerprint density at radius 2 is 0.705 bits per heavy atom. The first-order chi connectivity index (χ1) is 20.5. The first-order valence-electron chi connectivity index (χ1n) is 14.0. The summed E-state index contributed by atoms with van der Waals surface area (Å²) in [5, 5.41) is 35.6. The molecule has 0 aliphatic carbocycles. The highest BCUT2D eigenvalue weighted by Crippen LogP contribution is 2.26. The van der Waals surface area contributed by atoms with Gasteiger partial charge in [-0.3, -0.25) is 0 Å². The summed E-state index contributed by atoms with van der Waals surface area (Å²) < 4.78 is 12.6. The number of ether oxygens (including phenoxy) is 2. The van der Waals surface area contributed by atoms with Crippen molar-refractivity contribution in [3.63, 3.8) is 0 Å². The number of halogens is 2. The average Bonchev–Trinajstić information content (AvgIpc) is 2.88. The van der Waals surface area contributed by atoms with Crippen molar-refractivity contribution >= 4 is 57.0 Å². The first kappa shape index (κ1) is 39.4. The molecule has 0 radical (unpaired) electrons. The highest BCUT2D eigenvalue weighted by molar-refractivity contribution is 9.10. The van der Waals surface area contributed by atoms with Crippen LogP contribution in [-0.2, 0) is 0 Å². The zero-order valence-corrected chi connectivity index (χ0v) is 30.5. The highest BCUT2D eigenvalue weighted by Gasteiger charge is 2.14. The molecule has 0 spiro atoms. The predicted molar refractivity (Wildman–Crippen MR) is 192 cm³/mol. The first-order valence-corrected chi connectivity index (χ1v) is 15.6. The summed E-state index contributed by atoms with van der Waals surface area (Å²) in [7, 11) is 0.532. The minimum Gasteiger partial charge on any atom is -0.496 e. The fraction of sp³-hybridized carbons (Fsp3) is 0.294. The monoisotopic (exact) mass is 728 g/mol. The number of benzene rings is 4. The second-order valence-corrected chi connectivity index (χ2v) is 12.6. The molecule has 236 valence electrons. The maximum atomic E-state index is 8.95. The van der Waals surface area contributed by atoms with Crippen molar-refractivity contribution in [2.45, 2.75) is 55.4 Å². The molecule has 0 amide bonds. The van der Waals surface area contributed by atoms with Crippen LogP contribution >= 0.6 is 31.9 Å². The molecule has 4 aromatic carbocycles. The van der Waals surface area contributed by atoms with E-state index in [9.17, 15) is 0 Å². The lowest BCUT2D eigenvalue weighted by atomic mass is 9.78. The van der Waals surface area contributed by atoms with Gasteiger partial charge < -0.3 is 29.6 Å². The van der Waals surface area contributed by atoms with Crippen LogP contribution in [0.1, 0.15) is 44.5 Å². The van der Waals surface area contributed by atoms with Gasteiger partial charge in [0.2, 0.25) is 0 Å². The molecule has 0 heterocycles. The topological polar surface area (TPSA) is 99.4 Å². The van der Waals surface area contributed by atoms with E-state index in [1.54, 1.807) is 38.5 Å². The Morgan fingerprint density at radius 3 is 1.00 bits per heavy atom. The lowest BCUT2D eigenvalue weighted by Gasteiger charge is -2.10. The average molecular weight is 730 g/mol. The SMILES string of the molecule is COc1c(C)cc(B(O)O)cc1C.COc1c(C)cc(Br)cc1C.Cc1cc(C)cc(B(O)O)c1.Cc1cc(C)cc(Br)c1. The smallest absolute Gasteiger partial charge is 0.488 e. The van der Waals surface area contributed by atoms with Crippen LogP contribution in [0.25, 0.3) is 0 Å². The Balaban J connectivity index is 0.000000295. The number of rotatable bonds is 4. The number of hydrogen-bond donors (Lipinski definition) is 4. The molecule has 4 N–H and O–H groups in total. The molecule has 0 saturated heterocycles. The van der Waals surface area contributed by atoms with Crippen molar-refractivity contribution in [3.8, 4) is 11.5 Å². The van der Waals surface area contributed by atoms with Gasteiger partial charge in [0, 0.05) is 8.95 Å². The maximum absolute atomic E-state index is 8.95. The maximum Gasteiger partial charge on any atom is 0.488 e. The lowest BCUT2D eigenvalue weighted by Crippen LogP contribution is -2.30. The largest absolute Gasteiger partial charge is 0.496 e. The second-order valence-electron chi connectivity index (χ2n) is 10.7. The summed E-state index contributed by atoms with van der Waals surface area (Å²) in [6.45, 7) is 15.9. The van der Waals surface area contributed by atoms with Crippen LogP contribution in [-0.4, -0.2) is 48.6 Å². The molecule has 0 aliphatic rings. The molecule has 4 rings (SSSR count). The van der Waals surface area contributed by atoms with Gasteiger partial charge >= 0.3 is 14.2 Å². The van der Waals surface area contributed by atoms with Crippen LogP contribution in [0.15, 0.2) is 69.6 Å². The highest BCUT2D eigenvalue weighted by atomic mass is 79.9. The quantitative estimate of drug-likeness (QED) is 0.189. The minimum absolute atomic E-state index is 0.496. The molecule has 4 aromatic rings. The summed E-state index contributed by atoms with van der Waals surface area (Å²) in [5.74, 6) is 1.78. The van der Waals surface area contributed by atoms with Gasteiger partial charge in [0.05, 0.1) is 14.2 Å². The summed E-state index contributed by atoms with van der Waals surface area (Å²) >= 11 is 6.83. The van der Waals surface area contributed by atoms with E-state index in [1.165, 1.54) is 26.7 Å². The van der Waals surface area contributed by atoms with Gasteiger partial charge in [-0.2, -0.15) is 0 Å². The van der Waals surface area contributed by atoms with Crippen molar-refractivity contribution in [3.05, 3.63) is 114 Å². The van der Waals surface area contributed by atoms with E-state index in [-0.39, 0.29) is 0 Å². The molecule has 0 unspecified atom stereocenters. The Morgan fingerprint density at radius 1 is 0.432 bits per heavy atom. The fourth-order valence-corrected chi connectivity index (χ4v) is 6.16. The normalized spacial score (nSPS) is 9.82. The van der Waals surface area contributed by atoms with Crippen LogP contribution in [0.4, 0.5) is 0 Å². The second kappa shape index (κ2) is 19.0. The molecule has 0 atom stereocenters. The molecular formula is C34H44B2Br2O6. The number of hydrogen-bond acceptors (Lipinski definition) is 6. The Kier molecular flexibility index (Phi) is 17.1. The van der Waals surface area contributed by atoms with Crippen molar-refractivity contribution in [1.29, 1.82) is 0 Å². The van der Waals surface area contributed by atoms with Gasteiger partial charge in [0.25, 0.3) is 0 Å². The van der Waals surface area contributed by atoms with E-state index in [2.05, 4.69) is 63.9 Å². The third-order valence-electron chi connectivity index (χ3n) is 6.34. The lowest BCUT2D eigenvalue weighted by molar-refractivity contribution is 0.408. The third-order valence-corrected chi connectivity index (χ3v) is 7.26. The third kappa shape index (κ3) is 13.6. The molecule has 10 heteroatoms. The van der Waals surface area contributed by atoms with Crippen molar-refractivity contribution in [1.82, 2.24) is 0 Å². The van der Waals surface area contributed by atoms with Gasteiger partial charge in [-0.15, -0.1) is 0 Å². The van der Waals surface area contributed by atoms with E-state index < -0.39 is 14.2 Å². The number of methoxy groups -OCH3 is 2. The van der Waals surface area contributed by atoms with Crippen LogP contribution in [0, 0.1) is 55.4 Å². The van der Waals surface area contributed by atoms with Gasteiger partial charge in [-0.25, -0.2) is 0 Å². The Bertz CT molecular complexity index is 1390. The molecule has 0 aromatic heterocycles. The molecular weight excluding hydrogens is 686 g/mol. The van der Waals surface area contributed by atoms with Gasteiger partial charge in [-0.05, 0) is 124 Å². The minimum atomic E-state index is -1.41. The summed E-state index contributed by atoms with van der Waals surface area (Å²) in [4.78, 5) is 0. The van der Waals surface area contributed by atoms with E-state index in [0.29, 0.717) is 10.9 Å². The summed E-state index contributed by atoms with van der Waals surface area (Å²) in [6, 6.07) is 19.4. The fourth-order valence-electron chi connectivity index (χ4n) is 4.75. The molecule has 0 fully saturated rings. The van der Waals surface area contributed by atoms with Crippen LogP contribution in [0.2, 0.25) is 0 Å². The Hall–Kier alpha value is -2.59. The summed E-state index contributed by atoms with van der Waals surface area (Å²) in [5.41, 5.74) is 9.92. The van der Waals surface area contributed by atoms with Crippen LogP contribution < -0.4 is 20.4 Å². The van der Waals surface area contributed by atoms with Crippen molar-refractivity contribution in [2.24, 2.45) is 0 Å². The Labute approximate surface area is 280 Å². The summed E-state index contributed by atoms with van der Waals surface area (Å²) in [6.07, 6.45) is 0. The molecule has 0 bridgehead atoms. The van der Waals surface area contributed by atoms with Gasteiger partial charge in [0.1, 0.15) is 11.5 Å². The van der Waals surface area contributed by atoms with Crippen molar-refractivity contribution in [2.75, 3.05) is 14.2 Å².